The molecule has 0 saturated carbocycles. The van der Waals surface area contributed by atoms with Crippen LogP contribution in [0, 0.1) is 0 Å². The van der Waals surface area contributed by atoms with Crippen LogP contribution in [0.2, 0.25) is 5.04 Å². The minimum absolute atomic E-state index is 0.201. The van der Waals surface area contributed by atoms with Gasteiger partial charge in [-0.2, -0.15) is 0 Å². The summed E-state index contributed by atoms with van der Waals surface area (Å²) in [6.45, 7) is 6.91. The number of hydrogen-bond donors (Lipinski definition) is 2. The maximum absolute atomic E-state index is 12.0. The van der Waals surface area contributed by atoms with Crippen LogP contribution in [0.25, 0.3) is 11.2 Å². The van der Waals surface area contributed by atoms with Crippen molar-refractivity contribution in [2.75, 3.05) is 12.3 Å². The molecule has 2 N–H and O–H groups in total. The molecule has 0 radical (unpaired) electrons. The van der Waals surface area contributed by atoms with Gasteiger partial charge < -0.3 is 14.9 Å². The highest BCUT2D eigenvalue weighted by Crippen LogP contribution is 2.42. The van der Waals surface area contributed by atoms with Gasteiger partial charge in [-0.15, -0.1) is 4.52 Å². The summed E-state index contributed by atoms with van der Waals surface area (Å²) in [5.74, 6) is 0.296. The summed E-state index contributed by atoms with van der Waals surface area (Å²) in [4.78, 5) is 12.7. The van der Waals surface area contributed by atoms with Crippen LogP contribution in [0.4, 0.5) is 5.82 Å². The molecule has 4 aromatic rings. The number of anilines is 1. The fourth-order valence-corrected chi connectivity index (χ4v) is 10.7. The van der Waals surface area contributed by atoms with Crippen molar-refractivity contribution in [2.45, 2.75) is 50.7 Å². The number of nitrogens with two attached hydrogens (primary N) is 1. The lowest BCUT2D eigenvalue weighted by Gasteiger charge is -2.43. The van der Waals surface area contributed by atoms with Crippen LogP contribution < -0.4 is 16.1 Å². The molecule has 38 heavy (non-hydrogen) atoms. The van der Waals surface area contributed by atoms with Gasteiger partial charge in [0.25, 0.3) is 8.32 Å². The molecule has 1 saturated heterocycles. The van der Waals surface area contributed by atoms with Gasteiger partial charge >= 0.3 is 7.23 Å². The third kappa shape index (κ3) is 5.02. The number of imidazole rings is 1. The zero-order chi connectivity index (χ0) is 26.9. The van der Waals surface area contributed by atoms with E-state index in [0.29, 0.717) is 23.4 Å². The predicted octanol–water partition coefficient (Wildman–Crippen LogP) is 4.25. The Morgan fingerprint density at radius 2 is 1.71 bits per heavy atom. The predicted molar refractivity (Wildman–Crippen MR) is 153 cm³/mol. The Morgan fingerprint density at radius 3 is 2.29 bits per heavy atom. The molecular weight excluding hydrogens is 537 g/mol. The molecule has 5 rings (SSSR count). The molecule has 0 aliphatic carbocycles. The molecule has 4 atom stereocenters. The fraction of sp³-hybridized carbons (Fsp3) is 0.346. The van der Waals surface area contributed by atoms with Crippen molar-refractivity contribution >= 4 is 55.2 Å². The molecule has 9 nitrogen and oxygen atoms in total. The van der Waals surface area contributed by atoms with E-state index < -0.39 is 34.0 Å². The van der Waals surface area contributed by atoms with Crippen LogP contribution in [0.15, 0.2) is 73.3 Å². The van der Waals surface area contributed by atoms with Gasteiger partial charge in [-0.05, 0) is 20.0 Å². The van der Waals surface area contributed by atoms with Gasteiger partial charge in [0.05, 0.1) is 12.9 Å². The Hall–Kier alpha value is -2.66. The van der Waals surface area contributed by atoms with E-state index in [1.165, 1.54) is 16.7 Å². The van der Waals surface area contributed by atoms with Crippen LogP contribution in [0.5, 0.6) is 0 Å². The van der Waals surface area contributed by atoms with E-state index in [9.17, 15) is 4.57 Å². The average Bonchev–Trinajstić information content (AvgIpc) is 3.49. The zero-order valence-electron chi connectivity index (χ0n) is 21.5. The molecule has 2 aromatic carbocycles. The van der Waals surface area contributed by atoms with Crippen molar-refractivity contribution in [1.82, 2.24) is 19.5 Å². The van der Waals surface area contributed by atoms with E-state index in [0.717, 1.165) is 0 Å². The monoisotopic (exact) mass is 568 g/mol. The zero-order valence-corrected chi connectivity index (χ0v) is 24.3. The lowest BCUT2D eigenvalue weighted by atomic mass is 10.2. The largest absolute Gasteiger partial charge is 0.582 e. The fourth-order valence-electron chi connectivity index (χ4n) is 5.30. The number of benzene rings is 2. The van der Waals surface area contributed by atoms with E-state index >= 15 is 0 Å². The highest BCUT2D eigenvalue weighted by Gasteiger charge is 2.52. The van der Waals surface area contributed by atoms with Gasteiger partial charge in [0.2, 0.25) is 0 Å². The molecule has 1 aliphatic rings. The summed E-state index contributed by atoms with van der Waals surface area (Å²) in [7, 11) is -4.96. The first kappa shape index (κ1) is 26.9. The standard InChI is InChI=1S/C26H30N5O4PSSi/c1-26(2,3)38(18-10-6-4-7-11-18,19-12-8-5-9-13-19)33-15-21-20(35-36(32)37)14-22(34-21)31-17-30-23-24(27)28-16-29-25(23)31/h4-13,16-17,20-22H,14-15H2,1-3H3,(H2-,27,28,29,32,37)/p+1/t20-,21+,22+/m0/s1. The average molecular weight is 569 g/mol. The van der Waals surface area contributed by atoms with Gasteiger partial charge in [-0.1, -0.05) is 81.4 Å². The SMILES string of the molecule is CC(C)(C)[Si](OC[C@H]1O[C@@H](n2cnc3c(N)ncnc32)C[C@@H]1O[P+](=O)S)(c1ccccc1)c1ccccc1. The Labute approximate surface area is 228 Å². The third-order valence-electron chi connectivity index (χ3n) is 6.98. The van der Waals surface area contributed by atoms with Crippen molar-refractivity contribution in [2.24, 2.45) is 0 Å². The first-order valence-electron chi connectivity index (χ1n) is 12.4. The number of rotatable bonds is 8. The Kier molecular flexibility index (Phi) is 7.68. The van der Waals surface area contributed by atoms with E-state index in [4.69, 9.17) is 19.4 Å². The molecule has 2 aromatic heterocycles. The van der Waals surface area contributed by atoms with Crippen LogP contribution in [-0.4, -0.2) is 46.7 Å². The maximum atomic E-state index is 12.0. The summed E-state index contributed by atoms with van der Waals surface area (Å²) in [6, 6.07) is 20.8. The molecular formula is C26H31N5O4PSSi+. The van der Waals surface area contributed by atoms with E-state index in [2.05, 4.69) is 72.2 Å². The number of nitrogen functional groups attached to an aromatic ring is 1. The third-order valence-corrected chi connectivity index (χ3v) is 12.7. The van der Waals surface area contributed by atoms with E-state index in [1.54, 1.807) is 10.9 Å². The normalized spacial score (nSPS) is 20.6. The number of thiol groups is 1. The lowest BCUT2D eigenvalue weighted by Crippen LogP contribution is -2.67. The second kappa shape index (κ2) is 10.8. The highest BCUT2D eigenvalue weighted by atomic mass is 32.7. The quantitative estimate of drug-likeness (QED) is 0.184. The van der Waals surface area contributed by atoms with Crippen LogP contribution >= 0.6 is 19.5 Å². The summed E-state index contributed by atoms with van der Waals surface area (Å²) < 4.78 is 33.1. The highest BCUT2D eigenvalue weighted by molar-refractivity contribution is 8.39. The second-order valence-electron chi connectivity index (χ2n) is 10.3. The minimum atomic E-state index is -2.81. The molecule has 198 valence electrons. The first-order chi connectivity index (χ1) is 18.2. The Balaban J connectivity index is 1.49. The molecule has 1 unspecified atom stereocenters. The summed E-state index contributed by atoms with van der Waals surface area (Å²) in [5, 5.41) is 2.13. The van der Waals surface area contributed by atoms with E-state index in [-0.39, 0.29) is 11.6 Å². The topological polar surface area (TPSA) is 114 Å². The van der Waals surface area contributed by atoms with Gasteiger partial charge in [0.1, 0.15) is 42.5 Å². The Bertz CT molecular complexity index is 1380. The summed E-state index contributed by atoms with van der Waals surface area (Å²) in [5.41, 5.74) is 7.04. The number of fused-ring (bicyclic) bond motifs is 1. The first-order valence-corrected chi connectivity index (χ1v) is 16.6. The smallest absolute Gasteiger partial charge is 0.405 e. The summed E-state index contributed by atoms with van der Waals surface area (Å²) in [6.07, 6.45) is 1.98. The van der Waals surface area contributed by atoms with Gasteiger partial charge in [0.15, 0.2) is 11.5 Å². The number of aromatic nitrogens is 4. The van der Waals surface area contributed by atoms with Crippen molar-refractivity contribution < 1.29 is 18.3 Å². The van der Waals surface area contributed by atoms with Crippen molar-refractivity contribution in [3.05, 3.63) is 73.3 Å². The van der Waals surface area contributed by atoms with Gasteiger partial charge in [-0.25, -0.2) is 15.0 Å². The molecule has 0 spiro atoms. The molecule has 12 heteroatoms. The molecule has 3 heterocycles. The molecule has 1 fully saturated rings. The maximum Gasteiger partial charge on any atom is 0.582 e. The van der Waals surface area contributed by atoms with Crippen LogP contribution in [-0.2, 0) is 18.3 Å². The molecule has 0 amide bonds. The number of nitrogens with zero attached hydrogens (tertiary/aromatic N) is 4. The van der Waals surface area contributed by atoms with E-state index in [1.807, 2.05) is 36.4 Å². The minimum Gasteiger partial charge on any atom is -0.405 e. The van der Waals surface area contributed by atoms with Crippen molar-refractivity contribution in [1.29, 1.82) is 0 Å². The lowest BCUT2D eigenvalue weighted by molar-refractivity contribution is -0.0346. The number of ether oxygens (including phenoxy) is 1. The van der Waals surface area contributed by atoms with Crippen molar-refractivity contribution in [3.63, 3.8) is 0 Å². The molecule has 0 bridgehead atoms. The Morgan fingerprint density at radius 1 is 1.08 bits per heavy atom. The number of hydrogen-bond acceptors (Lipinski definition) is 8. The van der Waals surface area contributed by atoms with Gasteiger partial charge in [0, 0.05) is 6.42 Å². The second-order valence-corrected chi connectivity index (χ2v) is 16.3. The van der Waals surface area contributed by atoms with Crippen molar-refractivity contribution in [3.8, 4) is 0 Å². The molecule has 1 aliphatic heterocycles. The van der Waals surface area contributed by atoms with Crippen LogP contribution in [0.1, 0.15) is 33.4 Å². The van der Waals surface area contributed by atoms with Gasteiger partial charge in [-0.3, -0.25) is 4.57 Å². The summed E-state index contributed by atoms with van der Waals surface area (Å²) >= 11 is 4.02. The van der Waals surface area contributed by atoms with Crippen LogP contribution in [0.3, 0.4) is 0 Å².